The maximum atomic E-state index is 5.92. The fourth-order valence-electron chi connectivity index (χ4n) is 1.86. The summed E-state index contributed by atoms with van der Waals surface area (Å²) >= 11 is 9.39. The molecule has 2 aromatic carbocycles. The zero-order chi connectivity index (χ0) is 15.9. The van der Waals surface area contributed by atoms with Crippen molar-refractivity contribution in [2.24, 2.45) is 5.10 Å². The van der Waals surface area contributed by atoms with Gasteiger partial charge in [0.1, 0.15) is 0 Å². The molecule has 2 aromatic rings. The fraction of sp³-hybridized carbons (Fsp3) is 0.188. The molecule has 0 aliphatic carbocycles. The average molecular weight is 384 g/mol. The van der Waals surface area contributed by atoms with Gasteiger partial charge in [-0.15, -0.1) is 0 Å². The number of hydrogen-bond donors (Lipinski definition) is 1. The first-order valence-corrected chi connectivity index (χ1v) is 7.86. The number of nitrogens with one attached hydrogen (secondary N) is 1. The first-order valence-electron chi connectivity index (χ1n) is 6.69. The summed E-state index contributed by atoms with van der Waals surface area (Å²) in [4.78, 5) is 0. The molecule has 0 bridgehead atoms. The zero-order valence-electron chi connectivity index (χ0n) is 12.3. The van der Waals surface area contributed by atoms with Gasteiger partial charge in [0, 0.05) is 5.02 Å². The summed E-state index contributed by atoms with van der Waals surface area (Å²) in [6.07, 6.45) is 1.70. The molecule has 0 fully saturated rings. The molecule has 0 heterocycles. The minimum Gasteiger partial charge on any atom is -0.492 e. The molecule has 0 unspecified atom stereocenters. The van der Waals surface area contributed by atoms with E-state index >= 15 is 0 Å². The predicted molar refractivity (Wildman–Crippen MR) is 94.5 cm³/mol. The van der Waals surface area contributed by atoms with Crippen LogP contribution in [0.15, 0.2) is 46.0 Å². The second-order valence-corrected chi connectivity index (χ2v) is 5.64. The van der Waals surface area contributed by atoms with Gasteiger partial charge in [-0.25, -0.2) is 0 Å². The Morgan fingerprint density at radius 2 is 2.14 bits per heavy atom. The molecule has 0 radical (unpaired) electrons. The maximum Gasteiger partial charge on any atom is 0.174 e. The normalized spacial score (nSPS) is 10.7. The number of anilines is 1. The second-order valence-electron chi connectivity index (χ2n) is 4.35. The van der Waals surface area contributed by atoms with Crippen molar-refractivity contribution in [2.45, 2.75) is 6.92 Å². The van der Waals surface area contributed by atoms with Gasteiger partial charge in [0.05, 0.1) is 30.1 Å². The first kappa shape index (κ1) is 16.6. The van der Waals surface area contributed by atoms with Crippen LogP contribution in [0, 0.1) is 0 Å². The third kappa shape index (κ3) is 4.39. The number of halogens is 2. The van der Waals surface area contributed by atoms with Gasteiger partial charge in [-0.2, -0.15) is 5.10 Å². The van der Waals surface area contributed by atoms with Gasteiger partial charge in [-0.05, 0) is 58.7 Å². The quantitative estimate of drug-likeness (QED) is 0.566. The minimum atomic E-state index is 0.560. The minimum absolute atomic E-state index is 0.560. The van der Waals surface area contributed by atoms with Gasteiger partial charge in [-0.3, -0.25) is 5.43 Å². The van der Waals surface area contributed by atoms with E-state index in [1.807, 2.05) is 37.3 Å². The van der Waals surface area contributed by atoms with Crippen molar-refractivity contribution in [2.75, 3.05) is 19.1 Å². The van der Waals surface area contributed by atoms with Crippen LogP contribution in [0.25, 0.3) is 0 Å². The first-order chi connectivity index (χ1) is 10.6. The molecular formula is C16H16BrClN2O2. The van der Waals surface area contributed by atoms with Crippen LogP contribution < -0.4 is 14.9 Å². The molecule has 0 saturated carbocycles. The van der Waals surface area contributed by atoms with Crippen LogP contribution in [-0.4, -0.2) is 19.9 Å². The third-order valence-electron chi connectivity index (χ3n) is 2.77. The summed E-state index contributed by atoms with van der Waals surface area (Å²) in [5.41, 5.74) is 4.63. The van der Waals surface area contributed by atoms with Gasteiger partial charge in [0.15, 0.2) is 11.5 Å². The molecule has 0 spiro atoms. The van der Waals surface area contributed by atoms with Gasteiger partial charge >= 0.3 is 0 Å². The Bertz CT molecular complexity index is 677. The number of hydrogen-bond acceptors (Lipinski definition) is 4. The van der Waals surface area contributed by atoms with E-state index in [-0.39, 0.29) is 0 Å². The van der Waals surface area contributed by atoms with Gasteiger partial charge in [0.2, 0.25) is 0 Å². The van der Waals surface area contributed by atoms with E-state index in [4.69, 9.17) is 21.1 Å². The van der Waals surface area contributed by atoms with Crippen molar-refractivity contribution in [1.82, 2.24) is 0 Å². The van der Waals surface area contributed by atoms with E-state index in [0.717, 1.165) is 15.7 Å². The third-order valence-corrected chi connectivity index (χ3v) is 3.59. The zero-order valence-corrected chi connectivity index (χ0v) is 14.6. The van der Waals surface area contributed by atoms with Crippen LogP contribution in [0.1, 0.15) is 12.5 Å². The van der Waals surface area contributed by atoms with E-state index in [1.54, 1.807) is 19.4 Å². The molecule has 116 valence electrons. The smallest absolute Gasteiger partial charge is 0.174 e. The average Bonchev–Trinajstić information content (AvgIpc) is 2.47. The van der Waals surface area contributed by atoms with Gasteiger partial charge < -0.3 is 9.47 Å². The van der Waals surface area contributed by atoms with Crippen LogP contribution in [0.3, 0.4) is 0 Å². The van der Waals surface area contributed by atoms with Crippen LogP contribution in [-0.2, 0) is 0 Å². The van der Waals surface area contributed by atoms with Crippen LogP contribution in [0.5, 0.6) is 11.5 Å². The Morgan fingerprint density at radius 3 is 2.82 bits per heavy atom. The number of rotatable bonds is 6. The molecule has 1 N–H and O–H groups in total. The Morgan fingerprint density at radius 1 is 1.32 bits per heavy atom. The topological polar surface area (TPSA) is 42.8 Å². The number of ether oxygens (including phenoxy) is 2. The highest BCUT2D eigenvalue weighted by Crippen LogP contribution is 2.36. The molecule has 0 aliphatic heterocycles. The molecule has 0 amide bonds. The summed E-state index contributed by atoms with van der Waals surface area (Å²) in [5.74, 6) is 1.34. The molecular weight excluding hydrogens is 368 g/mol. The standard InChI is InChI=1S/C16H16BrClN2O2/c1-3-22-15-8-11(7-14(17)16(15)21-2)10-19-20-13-6-4-5-12(18)9-13/h4-10,20H,3H2,1-2H3. The van der Waals surface area contributed by atoms with E-state index in [2.05, 4.69) is 26.5 Å². The Kier molecular flexibility index (Phi) is 6.10. The molecule has 0 aliphatic rings. The van der Waals surface area contributed by atoms with Crippen molar-refractivity contribution < 1.29 is 9.47 Å². The van der Waals surface area contributed by atoms with Crippen molar-refractivity contribution in [3.8, 4) is 11.5 Å². The fourth-order valence-corrected chi connectivity index (χ4v) is 2.67. The Labute approximate surface area is 143 Å². The van der Waals surface area contributed by atoms with E-state index in [1.165, 1.54) is 0 Å². The van der Waals surface area contributed by atoms with E-state index in [0.29, 0.717) is 23.1 Å². The van der Waals surface area contributed by atoms with Crippen molar-refractivity contribution >= 4 is 39.4 Å². The second kappa shape index (κ2) is 8.06. The highest BCUT2D eigenvalue weighted by Gasteiger charge is 2.10. The lowest BCUT2D eigenvalue weighted by atomic mass is 10.2. The van der Waals surface area contributed by atoms with Crippen molar-refractivity contribution in [3.05, 3.63) is 51.5 Å². The maximum absolute atomic E-state index is 5.92. The van der Waals surface area contributed by atoms with Crippen LogP contribution >= 0.6 is 27.5 Å². The SMILES string of the molecule is CCOc1cc(C=NNc2cccc(Cl)c2)cc(Br)c1OC. The highest BCUT2D eigenvalue weighted by atomic mass is 79.9. The molecule has 0 atom stereocenters. The summed E-state index contributed by atoms with van der Waals surface area (Å²) in [5, 5.41) is 4.86. The highest BCUT2D eigenvalue weighted by molar-refractivity contribution is 9.10. The van der Waals surface area contributed by atoms with Crippen molar-refractivity contribution in [3.63, 3.8) is 0 Å². The van der Waals surface area contributed by atoms with Crippen LogP contribution in [0.2, 0.25) is 5.02 Å². The number of nitrogens with zero attached hydrogens (tertiary/aromatic N) is 1. The van der Waals surface area contributed by atoms with Gasteiger partial charge in [-0.1, -0.05) is 17.7 Å². The molecule has 0 aromatic heterocycles. The predicted octanol–water partition coefficient (Wildman–Crippen LogP) is 4.96. The summed E-state index contributed by atoms with van der Waals surface area (Å²) in [6.45, 7) is 2.49. The molecule has 4 nitrogen and oxygen atoms in total. The number of hydrazone groups is 1. The lowest BCUT2D eigenvalue weighted by Crippen LogP contribution is -1.98. The number of methoxy groups -OCH3 is 1. The molecule has 0 saturated heterocycles. The Balaban J connectivity index is 2.16. The van der Waals surface area contributed by atoms with Crippen molar-refractivity contribution in [1.29, 1.82) is 0 Å². The van der Waals surface area contributed by atoms with E-state index < -0.39 is 0 Å². The van der Waals surface area contributed by atoms with Crippen LogP contribution in [0.4, 0.5) is 5.69 Å². The monoisotopic (exact) mass is 382 g/mol. The summed E-state index contributed by atoms with van der Waals surface area (Å²) < 4.78 is 11.7. The lowest BCUT2D eigenvalue weighted by Gasteiger charge is -2.11. The summed E-state index contributed by atoms with van der Waals surface area (Å²) in [6, 6.07) is 11.1. The molecule has 22 heavy (non-hydrogen) atoms. The molecule has 6 heteroatoms. The van der Waals surface area contributed by atoms with E-state index in [9.17, 15) is 0 Å². The summed E-state index contributed by atoms with van der Waals surface area (Å²) in [7, 11) is 1.61. The van der Waals surface area contributed by atoms with Gasteiger partial charge in [0.25, 0.3) is 0 Å². The largest absolute Gasteiger partial charge is 0.492 e. The lowest BCUT2D eigenvalue weighted by molar-refractivity contribution is 0.310. The Hall–Kier alpha value is -1.72. The molecule has 2 rings (SSSR count). The number of benzene rings is 2.